The molecule has 2 aliphatic heterocycles. The Labute approximate surface area is 159 Å². The molecule has 0 radical (unpaired) electrons. The summed E-state index contributed by atoms with van der Waals surface area (Å²) in [7, 11) is 0. The maximum absolute atomic E-state index is 14.3. The van der Waals surface area contributed by atoms with Gasteiger partial charge >= 0.3 is 6.18 Å². The Hall–Kier alpha value is -2.16. The third-order valence-electron chi connectivity index (χ3n) is 5.80. The molecular formula is C19H22F4N4O. The molecule has 28 heavy (non-hydrogen) atoms. The van der Waals surface area contributed by atoms with Crippen molar-refractivity contribution in [3.63, 3.8) is 0 Å². The Balaban J connectivity index is 1.47. The van der Waals surface area contributed by atoms with Crippen molar-refractivity contribution in [1.82, 2.24) is 20.4 Å². The summed E-state index contributed by atoms with van der Waals surface area (Å²) in [4.78, 5) is 14.5. The molecule has 2 N–H and O–H groups in total. The van der Waals surface area contributed by atoms with Gasteiger partial charge in [-0.3, -0.25) is 9.89 Å². The van der Waals surface area contributed by atoms with Gasteiger partial charge in [0, 0.05) is 50.3 Å². The first-order valence-electron chi connectivity index (χ1n) is 9.58. The van der Waals surface area contributed by atoms with Gasteiger partial charge in [-0.1, -0.05) is 6.08 Å². The fraction of sp³-hybridized carbons (Fsp3) is 0.579. The van der Waals surface area contributed by atoms with E-state index in [1.807, 2.05) is 0 Å². The molecule has 1 fully saturated rings. The number of carbonyl (C=O) groups excluding carboxylic acids is 1. The Bertz CT molecular complexity index is 831. The van der Waals surface area contributed by atoms with Crippen LogP contribution in [0.25, 0.3) is 0 Å². The largest absolute Gasteiger partial charge is 0.416 e. The van der Waals surface area contributed by atoms with Crippen LogP contribution >= 0.6 is 0 Å². The number of halogens is 4. The van der Waals surface area contributed by atoms with E-state index >= 15 is 0 Å². The van der Waals surface area contributed by atoms with Crippen LogP contribution in [0.3, 0.4) is 0 Å². The summed E-state index contributed by atoms with van der Waals surface area (Å²) in [6.45, 7) is 1.98. The number of rotatable bonds is 2. The third kappa shape index (κ3) is 3.47. The van der Waals surface area contributed by atoms with E-state index in [2.05, 4.69) is 15.5 Å². The van der Waals surface area contributed by atoms with Crippen LogP contribution in [0, 0.1) is 5.92 Å². The van der Waals surface area contributed by atoms with E-state index < -0.39 is 23.5 Å². The third-order valence-corrected chi connectivity index (χ3v) is 5.80. The maximum atomic E-state index is 14.3. The van der Waals surface area contributed by atoms with Crippen molar-refractivity contribution >= 4 is 5.91 Å². The molecule has 1 saturated heterocycles. The standard InChI is InChI=1S/C19H22F4N4O/c20-14-3-1-2-13(19(21,22)23)16(14)11-5-8-27(9-6-11)18(28)17-12-10-24-7-4-15(12)25-26-17/h2,11,24H,1,3-10H2,(H,25,26). The highest BCUT2D eigenvalue weighted by atomic mass is 19.4. The summed E-state index contributed by atoms with van der Waals surface area (Å²) in [5.74, 6) is -1.40. The van der Waals surface area contributed by atoms with Gasteiger partial charge in [-0.2, -0.15) is 18.3 Å². The lowest BCUT2D eigenvalue weighted by molar-refractivity contribution is -0.0912. The fourth-order valence-corrected chi connectivity index (χ4v) is 4.37. The zero-order chi connectivity index (χ0) is 19.9. The van der Waals surface area contributed by atoms with E-state index in [9.17, 15) is 22.4 Å². The molecule has 3 heterocycles. The van der Waals surface area contributed by atoms with Crippen LogP contribution in [0.5, 0.6) is 0 Å². The van der Waals surface area contributed by atoms with Crippen LogP contribution in [0.2, 0.25) is 0 Å². The molecule has 1 amide bonds. The monoisotopic (exact) mass is 398 g/mol. The molecule has 1 aliphatic carbocycles. The molecule has 0 aromatic carbocycles. The lowest BCUT2D eigenvalue weighted by Gasteiger charge is -2.35. The van der Waals surface area contributed by atoms with Gasteiger partial charge in [0.2, 0.25) is 0 Å². The molecule has 152 valence electrons. The zero-order valence-corrected chi connectivity index (χ0v) is 15.3. The molecule has 0 unspecified atom stereocenters. The average Bonchev–Trinajstić information content (AvgIpc) is 3.11. The predicted octanol–water partition coefficient (Wildman–Crippen LogP) is 3.41. The van der Waals surface area contributed by atoms with Gasteiger partial charge in [-0.05, 0) is 30.8 Å². The SMILES string of the molecule is O=C(c1n[nH]c2c1CNCC2)N1CCC(C2=C(F)CCC=C2C(F)(F)F)CC1. The quantitative estimate of drug-likeness (QED) is 0.751. The Morgan fingerprint density at radius 3 is 2.68 bits per heavy atom. The first-order chi connectivity index (χ1) is 13.4. The molecule has 0 bridgehead atoms. The number of piperidine rings is 1. The highest BCUT2D eigenvalue weighted by molar-refractivity contribution is 5.94. The summed E-state index contributed by atoms with van der Waals surface area (Å²) in [6.07, 6.45) is -1.97. The van der Waals surface area contributed by atoms with Crippen LogP contribution in [-0.2, 0) is 13.0 Å². The molecule has 1 aromatic rings. The molecule has 0 atom stereocenters. The number of nitrogens with zero attached hydrogens (tertiary/aromatic N) is 2. The van der Waals surface area contributed by atoms with Gasteiger partial charge in [-0.25, -0.2) is 4.39 Å². The van der Waals surface area contributed by atoms with Crippen LogP contribution in [-0.4, -0.2) is 46.8 Å². The van der Waals surface area contributed by atoms with E-state index in [0.717, 1.165) is 30.3 Å². The number of H-pyrrole nitrogens is 1. The first kappa shape index (κ1) is 19.2. The summed E-state index contributed by atoms with van der Waals surface area (Å²) < 4.78 is 54.3. The number of amides is 1. The number of aromatic nitrogens is 2. The molecule has 0 saturated carbocycles. The van der Waals surface area contributed by atoms with Crippen LogP contribution in [0.15, 0.2) is 23.0 Å². The van der Waals surface area contributed by atoms with Gasteiger partial charge < -0.3 is 10.2 Å². The molecule has 9 heteroatoms. The molecule has 1 aromatic heterocycles. The highest BCUT2D eigenvalue weighted by Gasteiger charge is 2.42. The predicted molar refractivity (Wildman–Crippen MR) is 94.1 cm³/mol. The summed E-state index contributed by atoms with van der Waals surface area (Å²) in [6, 6.07) is 0. The maximum Gasteiger partial charge on any atom is 0.416 e. The molecule has 4 rings (SSSR count). The van der Waals surface area contributed by atoms with Crippen molar-refractivity contribution in [2.45, 2.75) is 44.8 Å². The van der Waals surface area contributed by atoms with Gasteiger partial charge in [-0.15, -0.1) is 0 Å². The zero-order valence-electron chi connectivity index (χ0n) is 15.3. The molecule has 5 nitrogen and oxygen atoms in total. The second-order valence-corrected chi connectivity index (χ2v) is 7.50. The van der Waals surface area contributed by atoms with E-state index in [1.165, 1.54) is 0 Å². The molecular weight excluding hydrogens is 376 g/mol. The minimum Gasteiger partial charge on any atom is -0.337 e. The number of allylic oxidation sites excluding steroid dienone is 4. The Morgan fingerprint density at radius 2 is 1.96 bits per heavy atom. The van der Waals surface area contributed by atoms with E-state index in [4.69, 9.17) is 0 Å². The minimum absolute atomic E-state index is 0.0144. The number of hydrogen-bond donors (Lipinski definition) is 2. The van der Waals surface area contributed by atoms with E-state index in [1.54, 1.807) is 4.90 Å². The van der Waals surface area contributed by atoms with Gasteiger partial charge in [0.15, 0.2) is 5.69 Å². The fourth-order valence-electron chi connectivity index (χ4n) is 4.37. The molecule has 3 aliphatic rings. The van der Waals surface area contributed by atoms with Crippen molar-refractivity contribution in [1.29, 1.82) is 0 Å². The van der Waals surface area contributed by atoms with Crippen LogP contribution < -0.4 is 5.32 Å². The first-order valence-corrected chi connectivity index (χ1v) is 9.58. The molecule has 0 spiro atoms. The number of aromatic amines is 1. The van der Waals surface area contributed by atoms with Crippen molar-refractivity contribution in [2.75, 3.05) is 19.6 Å². The van der Waals surface area contributed by atoms with Crippen molar-refractivity contribution < 1.29 is 22.4 Å². The number of fused-ring (bicyclic) bond motifs is 1. The van der Waals surface area contributed by atoms with Crippen LogP contribution in [0.1, 0.15) is 47.4 Å². The second-order valence-electron chi connectivity index (χ2n) is 7.50. The van der Waals surface area contributed by atoms with E-state index in [0.29, 0.717) is 38.2 Å². The normalized spacial score (nSPS) is 21.6. The van der Waals surface area contributed by atoms with Crippen LogP contribution in [0.4, 0.5) is 17.6 Å². The van der Waals surface area contributed by atoms with Crippen molar-refractivity contribution in [2.24, 2.45) is 5.92 Å². The number of nitrogens with one attached hydrogen (secondary N) is 2. The highest BCUT2D eigenvalue weighted by Crippen LogP contribution is 2.43. The van der Waals surface area contributed by atoms with Crippen molar-refractivity contribution in [3.05, 3.63) is 40.0 Å². The lowest BCUT2D eigenvalue weighted by Crippen LogP contribution is -2.40. The lowest BCUT2D eigenvalue weighted by atomic mass is 9.81. The number of carbonyl (C=O) groups is 1. The van der Waals surface area contributed by atoms with Gasteiger partial charge in [0.05, 0.1) is 5.57 Å². The minimum atomic E-state index is -4.55. The topological polar surface area (TPSA) is 61.0 Å². The van der Waals surface area contributed by atoms with Crippen molar-refractivity contribution in [3.8, 4) is 0 Å². The van der Waals surface area contributed by atoms with Gasteiger partial charge in [0.25, 0.3) is 5.91 Å². The van der Waals surface area contributed by atoms with E-state index in [-0.39, 0.29) is 24.3 Å². The number of hydrogen-bond acceptors (Lipinski definition) is 3. The number of likely N-dealkylation sites (tertiary alicyclic amines) is 1. The Kier molecular flexibility index (Phi) is 5.03. The second kappa shape index (κ2) is 7.35. The number of alkyl halides is 3. The average molecular weight is 398 g/mol. The van der Waals surface area contributed by atoms with Gasteiger partial charge in [0.1, 0.15) is 5.83 Å². The Morgan fingerprint density at radius 1 is 1.21 bits per heavy atom. The summed E-state index contributed by atoms with van der Waals surface area (Å²) in [5, 5.41) is 10.3. The smallest absolute Gasteiger partial charge is 0.337 e. The summed E-state index contributed by atoms with van der Waals surface area (Å²) >= 11 is 0. The summed E-state index contributed by atoms with van der Waals surface area (Å²) in [5.41, 5.74) is 1.15.